The van der Waals surface area contributed by atoms with E-state index in [1.165, 1.54) is 18.7 Å². The van der Waals surface area contributed by atoms with E-state index in [1.54, 1.807) is 6.26 Å². The molecule has 0 radical (unpaired) electrons. The normalized spacial score (nSPS) is 14.1. The largest absolute Gasteiger partial charge is 0.390 e. The van der Waals surface area contributed by atoms with Crippen LogP contribution >= 0.6 is 11.8 Å². The molecule has 0 saturated carbocycles. The van der Waals surface area contributed by atoms with Crippen LogP contribution in [0.1, 0.15) is 13.3 Å². The maximum absolute atomic E-state index is 12.8. The second-order valence-electron chi connectivity index (χ2n) is 4.09. The molecule has 20 heavy (non-hydrogen) atoms. The Labute approximate surface area is 121 Å². The highest BCUT2D eigenvalue weighted by Crippen LogP contribution is 2.10. The fourth-order valence-corrected chi connectivity index (χ4v) is 2.47. The minimum Gasteiger partial charge on any atom is -0.390 e. The van der Waals surface area contributed by atoms with E-state index in [4.69, 9.17) is 5.11 Å². The van der Waals surface area contributed by atoms with E-state index < -0.39 is 41.0 Å². The first-order chi connectivity index (χ1) is 9.17. The molecule has 10 heteroatoms. The first kappa shape index (κ1) is 19.6. The topological polar surface area (TPSA) is 95.5 Å². The van der Waals surface area contributed by atoms with Gasteiger partial charge in [0.1, 0.15) is 12.6 Å². The molecule has 0 aromatic rings. The Bertz CT molecular complexity index is 404. The van der Waals surface area contributed by atoms with Crippen LogP contribution in [-0.2, 0) is 14.8 Å². The molecule has 3 N–H and O–H groups in total. The van der Waals surface area contributed by atoms with Crippen molar-refractivity contribution in [2.45, 2.75) is 25.3 Å². The summed E-state index contributed by atoms with van der Waals surface area (Å²) < 4.78 is 50.7. The molecule has 0 aromatic heterocycles. The van der Waals surface area contributed by atoms with Gasteiger partial charge in [-0.15, -0.1) is 0 Å². The van der Waals surface area contributed by atoms with Gasteiger partial charge in [0.25, 0.3) is 5.92 Å². The number of halogens is 2. The summed E-state index contributed by atoms with van der Waals surface area (Å²) in [4.78, 5) is 11.7. The van der Waals surface area contributed by atoms with Crippen LogP contribution in [0, 0.1) is 0 Å². The van der Waals surface area contributed by atoms with Crippen molar-refractivity contribution in [2.24, 2.45) is 0 Å². The first-order valence-corrected chi connectivity index (χ1v) is 8.97. The fourth-order valence-electron chi connectivity index (χ4n) is 1.17. The first-order valence-electron chi connectivity index (χ1n) is 5.92. The number of aliphatic hydroxyl groups excluding tert-OH is 1. The minimum absolute atomic E-state index is 0.191. The summed E-state index contributed by atoms with van der Waals surface area (Å²) in [5.41, 5.74) is 0. The van der Waals surface area contributed by atoms with Gasteiger partial charge in [-0.25, -0.2) is 21.9 Å². The summed E-state index contributed by atoms with van der Waals surface area (Å²) >= 11 is 1.41. The van der Waals surface area contributed by atoms with Crippen molar-refractivity contribution in [1.82, 2.24) is 10.0 Å². The van der Waals surface area contributed by atoms with Gasteiger partial charge in [-0.05, 0) is 25.4 Å². The SMILES string of the molecule is CCS(=O)(=O)NC(CCSC)C(=O)NCC(F)(F)CO. The average Bonchev–Trinajstić information content (AvgIpc) is 2.40. The molecule has 0 spiro atoms. The van der Waals surface area contributed by atoms with Crippen molar-refractivity contribution in [3.05, 3.63) is 0 Å². The monoisotopic (exact) mass is 334 g/mol. The Hall–Kier alpha value is -0.450. The summed E-state index contributed by atoms with van der Waals surface area (Å²) in [6.07, 6.45) is 1.97. The number of aliphatic hydroxyl groups is 1. The van der Waals surface area contributed by atoms with Crippen LogP contribution in [0.2, 0.25) is 0 Å². The highest BCUT2D eigenvalue weighted by Gasteiger charge is 2.30. The lowest BCUT2D eigenvalue weighted by Crippen LogP contribution is -2.50. The van der Waals surface area contributed by atoms with Crippen molar-refractivity contribution in [3.8, 4) is 0 Å². The molecule has 0 aliphatic rings. The molecule has 0 aromatic carbocycles. The van der Waals surface area contributed by atoms with Gasteiger partial charge in [-0.2, -0.15) is 11.8 Å². The van der Waals surface area contributed by atoms with Gasteiger partial charge in [-0.1, -0.05) is 0 Å². The molecule has 0 rings (SSSR count). The van der Waals surface area contributed by atoms with Crippen molar-refractivity contribution < 1.29 is 27.1 Å². The molecule has 0 heterocycles. The van der Waals surface area contributed by atoms with Gasteiger partial charge in [0.2, 0.25) is 15.9 Å². The zero-order chi connectivity index (χ0) is 15.8. The summed E-state index contributed by atoms with van der Waals surface area (Å²) in [6, 6.07) is -1.10. The zero-order valence-electron chi connectivity index (χ0n) is 11.4. The lowest BCUT2D eigenvalue weighted by atomic mass is 10.2. The predicted molar refractivity (Wildman–Crippen MR) is 74.4 cm³/mol. The van der Waals surface area contributed by atoms with E-state index in [0.29, 0.717) is 5.75 Å². The second-order valence-corrected chi connectivity index (χ2v) is 7.12. The van der Waals surface area contributed by atoms with Gasteiger partial charge in [0.05, 0.1) is 12.3 Å². The van der Waals surface area contributed by atoms with Crippen LogP contribution in [0.25, 0.3) is 0 Å². The Morgan fingerprint density at radius 2 is 2.05 bits per heavy atom. The molecule has 0 bridgehead atoms. The number of amides is 1. The molecule has 1 amide bonds. The second kappa shape index (κ2) is 8.75. The Kier molecular flexibility index (Phi) is 8.56. The lowest BCUT2D eigenvalue weighted by Gasteiger charge is -2.20. The quantitative estimate of drug-likeness (QED) is 0.514. The van der Waals surface area contributed by atoms with E-state index in [9.17, 15) is 22.0 Å². The van der Waals surface area contributed by atoms with Gasteiger partial charge < -0.3 is 10.4 Å². The lowest BCUT2D eigenvalue weighted by molar-refractivity contribution is -0.125. The van der Waals surface area contributed by atoms with Crippen molar-refractivity contribution >= 4 is 27.7 Å². The fraction of sp³-hybridized carbons (Fsp3) is 0.900. The van der Waals surface area contributed by atoms with Crippen molar-refractivity contribution in [1.29, 1.82) is 0 Å². The van der Waals surface area contributed by atoms with Gasteiger partial charge in [0.15, 0.2) is 0 Å². The van der Waals surface area contributed by atoms with Crippen LogP contribution in [0.4, 0.5) is 8.78 Å². The summed E-state index contributed by atoms with van der Waals surface area (Å²) in [7, 11) is -3.61. The van der Waals surface area contributed by atoms with Crippen molar-refractivity contribution in [2.75, 3.05) is 30.9 Å². The summed E-state index contributed by atoms with van der Waals surface area (Å²) in [5, 5.41) is 10.3. The average molecular weight is 334 g/mol. The van der Waals surface area contributed by atoms with Crippen LogP contribution in [-0.4, -0.2) is 62.3 Å². The number of nitrogens with one attached hydrogen (secondary N) is 2. The third kappa shape index (κ3) is 7.98. The van der Waals surface area contributed by atoms with E-state index in [-0.39, 0.29) is 12.2 Å². The highest BCUT2D eigenvalue weighted by atomic mass is 32.2. The minimum atomic E-state index is -3.61. The molecule has 1 unspecified atom stereocenters. The summed E-state index contributed by atoms with van der Waals surface area (Å²) in [6.45, 7) is -1.01. The predicted octanol–water partition coefficient (Wildman–Crippen LogP) is -0.209. The number of carbonyl (C=O) groups excluding carboxylic acids is 1. The van der Waals surface area contributed by atoms with E-state index in [0.717, 1.165) is 0 Å². The van der Waals surface area contributed by atoms with Gasteiger partial charge >= 0.3 is 0 Å². The molecular formula is C10H20F2N2O4S2. The van der Waals surface area contributed by atoms with Crippen LogP contribution < -0.4 is 10.0 Å². The number of sulfonamides is 1. The van der Waals surface area contributed by atoms with E-state index in [2.05, 4.69) is 4.72 Å². The number of rotatable bonds is 10. The molecule has 6 nitrogen and oxygen atoms in total. The molecule has 0 aliphatic heterocycles. The molecule has 0 saturated heterocycles. The number of carbonyl (C=O) groups is 1. The number of hydrogen-bond acceptors (Lipinski definition) is 5. The number of alkyl halides is 2. The van der Waals surface area contributed by atoms with Gasteiger partial charge in [0, 0.05) is 0 Å². The maximum atomic E-state index is 12.8. The van der Waals surface area contributed by atoms with Crippen LogP contribution in [0.5, 0.6) is 0 Å². The highest BCUT2D eigenvalue weighted by molar-refractivity contribution is 7.98. The number of hydrogen-bond donors (Lipinski definition) is 3. The van der Waals surface area contributed by atoms with Crippen molar-refractivity contribution in [3.63, 3.8) is 0 Å². The molecular weight excluding hydrogens is 314 g/mol. The third-order valence-corrected chi connectivity index (χ3v) is 4.43. The summed E-state index contributed by atoms with van der Waals surface area (Å²) in [5.74, 6) is -3.96. The maximum Gasteiger partial charge on any atom is 0.287 e. The molecule has 0 fully saturated rings. The smallest absolute Gasteiger partial charge is 0.287 e. The Morgan fingerprint density at radius 3 is 2.50 bits per heavy atom. The van der Waals surface area contributed by atoms with E-state index >= 15 is 0 Å². The molecule has 120 valence electrons. The van der Waals surface area contributed by atoms with E-state index in [1.807, 2.05) is 5.32 Å². The molecule has 0 aliphatic carbocycles. The standard InChI is InChI=1S/C10H20F2N2O4S2/c1-3-20(17,18)14-8(4-5-19-2)9(16)13-6-10(11,12)7-15/h8,14-15H,3-7H2,1-2H3,(H,13,16). The van der Waals surface area contributed by atoms with Gasteiger partial charge in [-0.3, -0.25) is 4.79 Å². The molecule has 1 atom stereocenters. The zero-order valence-corrected chi connectivity index (χ0v) is 13.0. The number of thioether (sulfide) groups is 1. The third-order valence-electron chi connectivity index (χ3n) is 2.38. The Morgan fingerprint density at radius 1 is 1.45 bits per heavy atom. The van der Waals surface area contributed by atoms with Crippen LogP contribution in [0.3, 0.4) is 0 Å². The Balaban J connectivity index is 4.65. The van der Waals surface area contributed by atoms with Crippen LogP contribution in [0.15, 0.2) is 0 Å².